The lowest BCUT2D eigenvalue weighted by Gasteiger charge is -2.17. The molecule has 1 aromatic carbocycles. The third-order valence-electron chi connectivity index (χ3n) is 3.00. The number of hydrogen-bond acceptors (Lipinski definition) is 3. The molecule has 94 valence electrons. The maximum absolute atomic E-state index is 6.25. The van der Waals surface area contributed by atoms with E-state index in [4.69, 9.17) is 11.6 Å². The number of benzene rings is 1. The largest absolute Gasteiger partial charge is 0.381 e. The molecule has 1 N–H and O–H groups in total. The predicted octanol–water partition coefficient (Wildman–Crippen LogP) is 3.71. The summed E-state index contributed by atoms with van der Waals surface area (Å²) in [6.45, 7) is 2.29. The number of thioether (sulfide) groups is 1. The van der Waals surface area contributed by atoms with E-state index in [2.05, 4.69) is 24.4 Å². The van der Waals surface area contributed by atoms with E-state index in [0.29, 0.717) is 6.04 Å². The van der Waals surface area contributed by atoms with Gasteiger partial charge >= 0.3 is 0 Å². The van der Waals surface area contributed by atoms with Crippen molar-refractivity contribution in [3.63, 3.8) is 0 Å². The average molecular weight is 271 g/mol. The van der Waals surface area contributed by atoms with Gasteiger partial charge in [-0.05, 0) is 24.6 Å². The molecule has 1 heterocycles. The zero-order chi connectivity index (χ0) is 12.4. The molecule has 0 aliphatic carbocycles. The van der Waals surface area contributed by atoms with Crippen molar-refractivity contribution in [1.29, 1.82) is 0 Å². The molecule has 1 aliphatic rings. The van der Waals surface area contributed by atoms with Crippen LogP contribution in [0.2, 0.25) is 5.02 Å². The van der Waals surface area contributed by atoms with Crippen molar-refractivity contribution in [2.75, 3.05) is 30.1 Å². The van der Waals surface area contributed by atoms with Crippen LogP contribution < -0.4 is 10.2 Å². The van der Waals surface area contributed by atoms with Crippen LogP contribution >= 0.6 is 23.4 Å². The second-order valence-electron chi connectivity index (χ2n) is 4.78. The van der Waals surface area contributed by atoms with Crippen molar-refractivity contribution in [2.24, 2.45) is 0 Å². The molecule has 17 heavy (non-hydrogen) atoms. The lowest BCUT2D eigenvalue weighted by atomic mass is 10.2. The predicted molar refractivity (Wildman–Crippen MR) is 79.7 cm³/mol. The SMILES string of the molecule is CC1CC(Nc2ccc(N(C)C)c(Cl)c2)CS1. The quantitative estimate of drug-likeness (QED) is 0.901. The molecule has 1 fully saturated rings. The Kier molecular flexibility index (Phi) is 4.10. The summed E-state index contributed by atoms with van der Waals surface area (Å²) in [5, 5.41) is 5.13. The van der Waals surface area contributed by atoms with Crippen LogP contribution in [0.3, 0.4) is 0 Å². The minimum atomic E-state index is 0.580. The maximum Gasteiger partial charge on any atom is 0.0659 e. The highest BCUT2D eigenvalue weighted by Gasteiger charge is 2.21. The third kappa shape index (κ3) is 3.23. The van der Waals surface area contributed by atoms with E-state index in [-0.39, 0.29) is 0 Å². The van der Waals surface area contributed by atoms with Crippen LogP contribution in [-0.4, -0.2) is 31.1 Å². The number of nitrogens with one attached hydrogen (secondary N) is 1. The van der Waals surface area contributed by atoms with E-state index in [9.17, 15) is 0 Å². The second kappa shape index (κ2) is 5.40. The van der Waals surface area contributed by atoms with Gasteiger partial charge in [0.2, 0.25) is 0 Å². The van der Waals surface area contributed by atoms with E-state index in [1.807, 2.05) is 36.8 Å². The fourth-order valence-electron chi connectivity index (χ4n) is 2.11. The van der Waals surface area contributed by atoms with Crippen LogP contribution in [0.15, 0.2) is 18.2 Å². The molecule has 4 heteroatoms. The van der Waals surface area contributed by atoms with Crippen molar-refractivity contribution in [3.8, 4) is 0 Å². The molecule has 0 amide bonds. The minimum absolute atomic E-state index is 0.580. The lowest BCUT2D eigenvalue weighted by Crippen LogP contribution is -2.19. The first-order valence-corrected chi connectivity index (χ1v) is 7.34. The number of hydrogen-bond donors (Lipinski definition) is 1. The Morgan fingerprint density at radius 1 is 1.41 bits per heavy atom. The number of rotatable bonds is 3. The Labute approximate surface area is 113 Å². The van der Waals surface area contributed by atoms with Crippen LogP contribution in [0, 0.1) is 0 Å². The number of anilines is 2. The molecule has 0 radical (unpaired) electrons. The summed E-state index contributed by atoms with van der Waals surface area (Å²) in [4.78, 5) is 2.03. The summed E-state index contributed by atoms with van der Waals surface area (Å²) in [6, 6.07) is 6.77. The van der Waals surface area contributed by atoms with Gasteiger partial charge in [0.1, 0.15) is 0 Å². The van der Waals surface area contributed by atoms with Gasteiger partial charge in [0.25, 0.3) is 0 Å². The van der Waals surface area contributed by atoms with E-state index < -0.39 is 0 Å². The second-order valence-corrected chi connectivity index (χ2v) is 6.66. The Bertz CT molecular complexity index is 395. The topological polar surface area (TPSA) is 15.3 Å². The van der Waals surface area contributed by atoms with Gasteiger partial charge in [-0.25, -0.2) is 0 Å². The average Bonchev–Trinajstić information content (AvgIpc) is 2.63. The smallest absolute Gasteiger partial charge is 0.0659 e. The molecule has 2 rings (SSSR count). The van der Waals surface area contributed by atoms with Gasteiger partial charge in [0, 0.05) is 36.8 Å². The van der Waals surface area contributed by atoms with Gasteiger partial charge in [-0.15, -0.1) is 0 Å². The molecule has 0 bridgehead atoms. The fraction of sp³-hybridized carbons (Fsp3) is 0.538. The summed E-state index contributed by atoms with van der Waals surface area (Å²) in [7, 11) is 4.01. The van der Waals surface area contributed by atoms with Gasteiger partial charge in [0.15, 0.2) is 0 Å². The first-order valence-electron chi connectivity index (χ1n) is 5.91. The van der Waals surface area contributed by atoms with Crippen LogP contribution in [-0.2, 0) is 0 Å². The van der Waals surface area contributed by atoms with Gasteiger partial charge in [0.05, 0.1) is 10.7 Å². The van der Waals surface area contributed by atoms with E-state index >= 15 is 0 Å². The Hall–Kier alpha value is -0.540. The molecule has 1 aromatic rings. The molecule has 0 saturated carbocycles. The molecule has 2 atom stereocenters. The molecule has 0 spiro atoms. The van der Waals surface area contributed by atoms with Crippen molar-refractivity contribution in [3.05, 3.63) is 23.2 Å². The van der Waals surface area contributed by atoms with Crippen LogP contribution in [0.5, 0.6) is 0 Å². The zero-order valence-corrected chi connectivity index (χ0v) is 12.1. The van der Waals surface area contributed by atoms with Crippen molar-refractivity contribution in [2.45, 2.75) is 24.6 Å². The van der Waals surface area contributed by atoms with E-state index in [1.54, 1.807) is 0 Å². The Morgan fingerprint density at radius 2 is 2.18 bits per heavy atom. The molecule has 2 unspecified atom stereocenters. The highest BCUT2D eigenvalue weighted by Crippen LogP contribution is 2.31. The van der Waals surface area contributed by atoms with Crippen molar-refractivity contribution < 1.29 is 0 Å². The molecule has 1 aliphatic heterocycles. The summed E-state index contributed by atoms with van der Waals surface area (Å²) >= 11 is 8.28. The number of halogens is 1. The van der Waals surface area contributed by atoms with Gasteiger partial charge in [-0.3, -0.25) is 0 Å². The zero-order valence-electron chi connectivity index (χ0n) is 10.5. The lowest BCUT2D eigenvalue weighted by molar-refractivity contribution is 0.747. The molecular weight excluding hydrogens is 252 g/mol. The molecular formula is C13H19ClN2S. The van der Waals surface area contributed by atoms with Gasteiger partial charge in [-0.1, -0.05) is 18.5 Å². The number of nitrogens with zero attached hydrogens (tertiary/aromatic N) is 1. The molecule has 1 saturated heterocycles. The van der Waals surface area contributed by atoms with Crippen LogP contribution in [0.25, 0.3) is 0 Å². The standard InChI is InChI=1S/C13H19ClN2S/c1-9-6-11(8-17-9)15-10-4-5-13(16(2)3)12(14)7-10/h4-5,7,9,11,15H,6,8H2,1-3H3. The van der Waals surface area contributed by atoms with Gasteiger partial charge < -0.3 is 10.2 Å². The summed E-state index contributed by atoms with van der Waals surface area (Å²) in [5.74, 6) is 1.19. The highest BCUT2D eigenvalue weighted by molar-refractivity contribution is 8.00. The fourth-order valence-corrected chi connectivity index (χ4v) is 3.61. The third-order valence-corrected chi connectivity index (χ3v) is 4.66. The van der Waals surface area contributed by atoms with Crippen LogP contribution in [0.4, 0.5) is 11.4 Å². The summed E-state index contributed by atoms with van der Waals surface area (Å²) in [5.41, 5.74) is 2.19. The summed E-state index contributed by atoms with van der Waals surface area (Å²) in [6.07, 6.45) is 1.23. The van der Waals surface area contributed by atoms with Crippen molar-refractivity contribution >= 4 is 34.7 Å². The van der Waals surface area contributed by atoms with Crippen LogP contribution in [0.1, 0.15) is 13.3 Å². The normalized spacial score (nSPS) is 23.8. The first kappa shape index (κ1) is 12.9. The molecule has 2 nitrogen and oxygen atoms in total. The molecule has 0 aromatic heterocycles. The van der Waals surface area contributed by atoms with Gasteiger partial charge in [-0.2, -0.15) is 11.8 Å². The van der Waals surface area contributed by atoms with E-state index in [0.717, 1.165) is 21.6 Å². The Morgan fingerprint density at radius 3 is 2.71 bits per heavy atom. The minimum Gasteiger partial charge on any atom is -0.381 e. The maximum atomic E-state index is 6.25. The monoisotopic (exact) mass is 270 g/mol. The van der Waals surface area contributed by atoms with E-state index in [1.165, 1.54) is 12.2 Å². The summed E-state index contributed by atoms with van der Waals surface area (Å²) < 4.78 is 0. The Balaban J connectivity index is 2.05. The highest BCUT2D eigenvalue weighted by atomic mass is 35.5. The first-order chi connectivity index (χ1) is 8.06. The van der Waals surface area contributed by atoms with Crippen molar-refractivity contribution in [1.82, 2.24) is 0 Å².